The van der Waals surface area contributed by atoms with Crippen molar-refractivity contribution in [1.29, 1.82) is 0 Å². The van der Waals surface area contributed by atoms with Crippen molar-refractivity contribution in [3.05, 3.63) is 0 Å². The first-order valence-electron chi connectivity index (χ1n) is 7.81. The van der Waals surface area contributed by atoms with Crippen LogP contribution in [0.2, 0.25) is 0 Å². The van der Waals surface area contributed by atoms with Crippen molar-refractivity contribution in [2.75, 3.05) is 19.3 Å². The predicted octanol–water partition coefficient (Wildman–Crippen LogP) is 2.56. The number of thioether (sulfide) groups is 1. The van der Waals surface area contributed by atoms with Crippen LogP contribution in [0.15, 0.2) is 0 Å². The molecule has 0 aromatic heterocycles. The molecule has 6 heteroatoms. The van der Waals surface area contributed by atoms with E-state index in [1.807, 2.05) is 18.7 Å². The lowest BCUT2D eigenvalue weighted by atomic mass is 9.91. The number of piperidine rings is 1. The maximum absolute atomic E-state index is 12.4. The van der Waals surface area contributed by atoms with Gasteiger partial charge >= 0.3 is 12.0 Å². The van der Waals surface area contributed by atoms with Gasteiger partial charge in [0, 0.05) is 17.8 Å². The molecule has 2 aliphatic rings. The van der Waals surface area contributed by atoms with Crippen LogP contribution in [-0.4, -0.2) is 52.1 Å². The fourth-order valence-electron chi connectivity index (χ4n) is 3.60. The summed E-state index contributed by atoms with van der Waals surface area (Å²) in [5.74, 6) is -0.874. The van der Waals surface area contributed by atoms with E-state index in [1.54, 1.807) is 0 Å². The summed E-state index contributed by atoms with van der Waals surface area (Å²) in [5.41, 5.74) is 0. The van der Waals surface area contributed by atoms with Crippen molar-refractivity contribution < 1.29 is 14.7 Å². The molecule has 0 radical (unpaired) electrons. The summed E-state index contributed by atoms with van der Waals surface area (Å²) >= 11 is 1.83. The minimum Gasteiger partial charge on any atom is -0.480 e. The van der Waals surface area contributed by atoms with E-state index in [2.05, 4.69) is 11.6 Å². The molecule has 5 nitrogen and oxygen atoms in total. The van der Waals surface area contributed by atoms with Gasteiger partial charge in [0.05, 0.1) is 0 Å². The lowest BCUT2D eigenvalue weighted by Gasteiger charge is -2.38. The fraction of sp³-hybridized carbons (Fsp3) is 0.867. The van der Waals surface area contributed by atoms with Gasteiger partial charge < -0.3 is 15.3 Å². The van der Waals surface area contributed by atoms with Crippen LogP contribution >= 0.6 is 11.8 Å². The number of likely N-dealkylation sites (tertiary alicyclic amines) is 1. The molecular formula is C15H26N2O3S. The van der Waals surface area contributed by atoms with Crippen LogP contribution in [0.4, 0.5) is 4.79 Å². The summed E-state index contributed by atoms with van der Waals surface area (Å²) in [5, 5.41) is 12.4. The summed E-state index contributed by atoms with van der Waals surface area (Å²) in [6.07, 6.45) is 8.55. The average Bonchev–Trinajstić information content (AvgIpc) is 2.93. The van der Waals surface area contributed by atoms with E-state index in [-0.39, 0.29) is 16.7 Å². The van der Waals surface area contributed by atoms with Crippen LogP contribution in [0.25, 0.3) is 0 Å². The van der Waals surface area contributed by atoms with Gasteiger partial charge in [-0.25, -0.2) is 9.59 Å². The molecule has 2 amide bonds. The maximum atomic E-state index is 12.4. The lowest BCUT2D eigenvalue weighted by molar-refractivity contribution is -0.145. The van der Waals surface area contributed by atoms with Crippen LogP contribution in [0.3, 0.4) is 0 Å². The van der Waals surface area contributed by atoms with Crippen LogP contribution in [0.1, 0.15) is 45.4 Å². The number of amides is 2. The number of hydrogen-bond donors (Lipinski definition) is 2. The van der Waals surface area contributed by atoms with Gasteiger partial charge in [-0.1, -0.05) is 19.8 Å². The summed E-state index contributed by atoms with van der Waals surface area (Å²) in [7, 11) is 0. The number of carboxylic acids is 1. The van der Waals surface area contributed by atoms with Crippen LogP contribution in [0, 0.1) is 5.92 Å². The van der Waals surface area contributed by atoms with Gasteiger partial charge in [0.25, 0.3) is 0 Å². The third kappa shape index (κ3) is 3.65. The molecule has 1 saturated carbocycles. The molecule has 2 fully saturated rings. The number of carbonyl (C=O) groups is 2. The Balaban J connectivity index is 1.96. The Labute approximate surface area is 130 Å². The molecule has 2 rings (SSSR count). The molecule has 0 aromatic rings. The van der Waals surface area contributed by atoms with Gasteiger partial charge in [0.2, 0.25) is 0 Å². The smallest absolute Gasteiger partial charge is 0.326 e. The second-order valence-electron chi connectivity index (χ2n) is 6.35. The van der Waals surface area contributed by atoms with Crippen molar-refractivity contribution in [2.45, 2.75) is 56.2 Å². The number of carboxylic acid groups (broad SMARTS) is 1. The topological polar surface area (TPSA) is 69.6 Å². The first kappa shape index (κ1) is 16.5. The standard InChI is InChI=1S/C15H26N2O3S/c1-11-6-5-9-17(12(11)13(18)19)14(20)16-10-15(21-2)7-3-4-8-15/h11-12H,3-10H2,1-2H3,(H,16,20)(H,18,19). The quantitative estimate of drug-likeness (QED) is 0.837. The molecule has 1 saturated heterocycles. The number of rotatable bonds is 4. The average molecular weight is 314 g/mol. The van der Waals surface area contributed by atoms with Gasteiger partial charge in [0.15, 0.2) is 0 Å². The zero-order chi connectivity index (χ0) is 15.5. The molecule has 0 spiro atoms. The van der Waals surface area contributed by atoms with E-state index in [0.29, 0.717) is 13.1 Å². The number of aliphatic carboxylic acids is 1. The first-order chi connectivity index (χ1) is 9.99. The molecule has 1 aliphatic heterocycles. The summed E-state index contributed by atoms with van der Waals surface area (Å²) in [6.45, 7) is 3.10. The minimum absolute atomic E-state index is 0.0167. The molecule has 21 heavy (non-hydrogen) atoms. The van der Waals surface area contributed by atoms with Crippen LogP contribution < -0.4 is 5.32 Å². The minimum atomic E-state index is -0.891. The van der Waals surface area contributed by atoms with E-state index in [0.717, 1.165) is 25.7 Å². The highest BCUT2D eigenvalue weighted by molar-refractivity contribution is 8.00. The Bertz CT molecular complexity index is 396. The van der Waals surface area contributed by atoms with E-state index < -0.39 is 12.0 Å². The van der Waals surface area contributed by atoms with Crippen molar-refractivity contribution in [3.63, 3.8) is 0 Å². The molecule has 1 aliphatic carbocycles. The third-order valence-electron chi connectivity index (χ3n) is 4.96. The van der Waals surface area contributed by atoms with Gasteiger partial charge in [-0.15, -0.1) is 0 Å². The van der Waals surface area contributed by atoms with Crippen molar-refractivity contribution in [1.82, 2.24) is 10.2 Å². The highest BCUT2D eigenvalue weighted by Crippen LogP contribution is 2.39. The Morgan fingerprint density at radius 1 is 1.33 bits per heavy atom. The van der Waals surface area contributed by atoms with Crippen molar-refractivity contribution in [3.8, 4) is 0 Å². The number of urea groups is 1. The number of hydrogen-bond acceptors (Lipinski definition) is 3. The number of carbonyl (C=O) groups excluding carboxylic acids is 1. The van der Waals surface area contributed by atoms with Gasteiger partial charge in [-0.3, -0.25) is 0 Å². The zero-order valence-corrected chi connectivity index (χ0v) is 13.7. The summed E-state index contributed by atoms with van der Waals surface area (Å²) < 4.78 is 0.149. The Kier molecular flexibility index (Phi) is 5.41. The van der Waals surface area contributed by atoms with Gasteiger partial charge in [-0.2, -0.15) is 11.8 Å². The first-order valence-corrected chi connectivity index (χ1v) is 9.04. The fourth-order valence-corrected chi connectivity index (χ4v) is 4.52. The van der Waals surface area contributed by atoms with Crippen molar-refractivity contribution in [2.24, 2.45) is 5.92 Å². The molecule has 1 heterocycles. The number of nitrogens with zero attached hydrogens (tertiary/aromatic N) is 1. The highest BCUT2D eigenvalue weighted by atomic mass is 32.2. The monoisotopic (exact) mass is 314 g/mol. The molecular weight excluding hydrogens is 288 g/mol. The molecule has 120 valence electrons. The zero-order valence-electron chi connectivity index (χ0n) is 12.9. The van der Waals surface area contributed by atoms with Crippen LogP contribution in [-0.2, 0) is 4.79 Å². The van der Waals surface area contributed by atoms with Crippen LogP contribution in [0.5, 0.6) is 0 Å². The van der Waals surface area contributed by atoms with E-state index in [9.17, 15) is 14.7 Å². The summed E-state index contributed by atoms with van der Waals surface area (Å²) in [6, 6.07) is -0.901. The normalized spacial score (nSPS) is 28.4. The largest absolute Gasteiger partial charge is 0.480 e. The van der Waals surface area contributed by atoms with E-state index in [1.165, 1.54) is 17.7 Å². The lowest BCUT2D eigenvalue weighted by Crippen LogP contribution is -2.56. The molecule has 2 N–H and O–H groups in total. The maximum Gasteiger partial charge on any atom is 0.326 e. The van der Waals surface area contributed by atoms with Crippen molar-refractivity contribution >= 4 is 23.8 Å². The molecule has 2 atom stereocenters. The van der Waals surface area contributed by atoms with Gasteiger partial charge in [-0.05, 0) is 37.9 Å². The molecule has 2 unspecified atom stereocenters. The SMILES string of the molecule is CSC1(CNC(=O)N2CCCC(C)C2C(=O)O)CCCC1. The molecule has 0 aromatic carbocycles. The predicted molar refractivity (Wildman–Crippen MR) is 84.6 cm³/mol. The van der Waals surface area contributed by atoms with E-state index in [4.69, 9.17) is 0 Å². The van der Waals surface area contributed by atoms with Gasteiger partial charge in [0.1, 0.15) is 6.04 Å². The highest BCUT2D eigenvalue weighted by Gasteiger charge is 2.38. The number of nitrogens with one attached hydrogen (secondary N) is 1. The summed E-state index contributed by atoms with van der Waals surface area (Å²) in [4.78, 5) is 25.4. The Hall–Kier alpha value is -0.910. The van der Waals surface area contributed by atoms with E-state index >= 15 is 0 Å². The Morgan fingerprint density at radius 2 is 2.00 bits per heavy atom. The third-order valence-corrected chi connectivity index (χ3v) is 6.38. The Morgan fingerprint density at radius 3 is 2.57 bits per heavy atom. The second kappa shape index (κ2) is 6.90. The second-order valence-corrected chi connectivity index (χ2v) is 7.62. The molecule has 0 bridgehead atoms.